The van der Waals surface area contributed by atoms with Crippen LogP contribution in [0.25, 0.3) is 11.4 Å². The Morgan fingerprint density at radius 2 is 2.25 bits per heavy atom. The zero-order valence-corrected chi connectivity index (χ0v) is 11.2. The molecule has 0 aliphatic heterocycles. The molecule has 106 valence electrons. The molecule has 0 spiro atoms. The normalized spacial score (nSPS) is 22.1. The van der Waals surface area contributed by atoms with Crippen LogP contribution in [-0.2, 0) is 0 Å². The zero-order chi connectivity index (χ0) is 14.1. The predicted octanol–water partition coefficient (Wildman–Crippen LogP) is 2.48. The average molecular weight is 277 g/mol. The van der Waals surface area contributed by atoms with Crippen molar-refractivity contribution in [3.8, 4) is 17.1 Å². The summed E-state index contributed by atoms with van der Waals surface area (Å²) >= 11 is 0. The lowest BCUT2D eigenvalue weighted by molar-refractivity contribution is 0.353. The molecule has 2 N–H and O–H groups in total. The second-order valence-corrected chi connectivity index (χ2v) is 5.08. The fraction of sp³-hybridized carbons (Fsp3) is 0.429. The highest BCUT2D eigenvalue weighted by atomic mass is 19.1. The Hall–Kier alpha value is -1.95. The number of benzene rings is 1. The molecule has 20 heavy (non-hydrogen) atoms. The van der Waals surface area contributed by atoms with E-state index in [4.69, 9.17) is 15.0 Å². The summed E-state index contributed by atoms with van der Waals surface area (Å²) in [6.07, 6.45) is 2.82. The molecule has 1 aliphatic rings. The number of halogens is 1. The Labute approximate surface area is 115 Å². The highest BCUT2D eigenvalue weighted by molar-refractivity contribution is 5.57. The van der Waals surface area contributed by atoms with Crippen LogP contribution < -0.4 is 10.5 Å². The zero-order valence-electron chi connectivity index (χ0n) is 11.2. The van der Waals surface area contributed by atoms with E-state index in [2.05, 4.69) is 10.1 Å². The Morgan fingerprint density at radius 1 is 1.40 bits per heavy atom. The first kappa shape index (κ1) is 13.1. The third kappa shape index (κ3) is 2.38. The summed E-state index contributed by atoms with van der Waals surface area (Å²) < 4.78 is 23.6. The number of aromatic nitrogens is 2. The van der Waals surface area contributed by atoms with Gasteiger partial charge in [0.05, 0.1) is 7.11 Å². The fourth-order valence-electron chi connectivity index (χ4n) is 2.56. The minimum atomic E-state index is -0.415. The van der Waals surface area contributed by atoms with Gasteiger partial charge in [0.15, 0.2) is 11.6 Å². The standard InChI is InChI=1S/C14H16FN3O2/c1-19-12-7-8(3-5-11(12)15)13-17-14(20-18-13)9-2-4-10(16)6-9/h3,5,7,9-10H,2,4,6,16H2,1H3/t9-,10+/m1/s1. The van der Waals surface area contributed by atoms with Crippen molar-refractivity contribution in [1.29, 1.82) is 0 Å². The third-order valence-corrected chi connectivity index (χ3v) is 3.67. The Bertz CT molecular complexity index is 614. The maximum absolute atomic E-state index is 13.4. The van der Waals surface area contributed by atoms with Crippen molar-refractivity contribution in [3.05, 3.63) is 29.9 Å². The van der Waals surface area contributed by atoms with Gasteiger partial charge in [-0.05, 0) is 37.5 Å². The smallest absolute Gasteiger partial charge is 0.230 e. The van der Waals surface area contributed by atoms with Crippen LogP contribution in [0.5, 0.6) is 5.75 Å². The highest BCUT2D eigenvalue weighted by Gasteiger charge is 2.28. The molecule has 0 amide bonds. The number of hydrogen-bond acceptors (Lipinski definition) is 5. The second kappa shape index (κ2) is 5.20. The third-order valence-electron chi connectivity index (χ3n) is 3.67. The number of methoxy groups -OCH3 is 1. The lowest BCUT2D eigenvalue weighted by atomic mass is 10.1. The predicted molar refractivity (Wildman–Crippen MR) is 70.8 cm³/mol. The topological polar surface area (TPSA) is 74.2 Å². The molecule has 1 fully saturated rings. The van der Waals surface area contributed by atoms with Crippen molar-refractivity contribution in [2.24, 2.45) is 5.73 Å². The van der Waals surface area contributed by atoms with Gasteiger partial charge in [-0.1, -0.05) is 5.16 Å². The number of nitrogens with zero attached hydrogens (tertiary/aromatic N) is 2. The lowest BCUT2D eigenvalue weighted by Crippen LogP contribution is -2.14. The summed E-state index contributed by atoms with van der Waals surface area (Å²) in [5.41, 5.74) is 6.55. The number of rotatable bonds is 3. The maximum atomic E-state index is 13.4. The quantitative estimate of drug-likeness (QED) is 0.932. The van der Waals surface area contributed by atoms with Gasteiger partial charge in [0, 0.05) is 17.5 Å². The molecular formula is C14H16FN3O2. The number of hydrogen-bond donors (Lipinski definition) is 1. The van der Waals surface area contributed by atoms with Crippen molar-refractivity contribution in [2.75, 3.05) is 7.11 Å². The van der Waals surface area contributed by atoms with E-state index in [-0.39, 0.29) is 17.7 Å². The van der Waals surface area contributed by atoms with E-state index in [9.17, 15) is 4.39 Å². The van der Waals surface area contributed by atoms with Crippen molar-refractivity contribution >= 4 is 0 Å². The van der Waals surface area contributed by atoms with E-state index in [1.54, 1.807) is 12.1 Å². The summed E-state index contributed by atoms with van der Waals surface area (Å²) in [6.45, 7) is 0. The average Bonchev–Trinajstić information content (AvgIpc) is 3.08. The van der Waals surface area contributed by atoms with Gasteiger partial charge in [0.1, 0.15) is 0 Å². The van der Waals surface area contributed by atoms with Gasteiger partial charge in [-0.15, -0.1) is 0 Å². The molecule has 0 saturated heterocycles. The monoisotopic (exact) mass is 277 g/mol. The summed E-state index contributed by atoms with van der Waals surface area (Å²) in [5, 5.41) is 3.96. The maximum Gasteiger partial charge on any atom is 0.230 e. The molecule has 1 saturated carbocycles. The van der Waals surface area contributed by atoms with E-state index in [0.29, 0.717) is 17.3 Å². The molecule has 5 nitrogen and oxygen atoms in total. The Morgan fingerprint density at radius 3 is 2.95 bits per heavy atom. The second-order valence-electron chi connectivity index (χ2n) is 5.08. The molecule has 6 heteroatoms. The summed E-state index contributed by atoms with van der Waals surface area (Å²) in [6, 6.07) is 4.70. The molecule has 1 aromatic carbocycles. The van der Waals surface area contributed by atoms with Crippen LogP contribution in [0.2, 0.25) is 0 Å². The molecule has 0 bridgehead atoms. The van der Waals surface area contributed by atoms with Gasteiger partial charge >= 0.3 is 0 Å². The first-order valence-electron chi connectivity index (χ1n) is 6.60. The van der Waals surface area contributed by atoms with E-state index in [1.807, 2.05) is 0 Å². The van der Waals surface area contributed by atoms with E-state index in [1.165, 1.54) is 13.2 Å². The van der Waals surface area contributed by atoms with Gasteiger partial charge < -0.3 is 15.0 Å². The van der Waals surface area contributed by atoms with Crippen molar-refractivity contribution < 1.29 is 13.7 Å². The molecule has 0 radical (unpaired) electrons. The molecule has 0 unspecified atom stereocenters. The van der Waals surface area contributed by atoms with Crippen LogP contribution in [-0.4, -0.2) is 23.3 Å². The first-order chi connectivity index (χ1) is 9.67. The molecular weight excluding hydrogens is 261 g/mol. The van der Waals surface area contributed by atoms with Crippen molar-refractivity contribution in [2.45, 2.75) is 31.2 Å². The van der Waals surface area contributed by atoms with Gasteiger partial charge in [-0.25, -0.2) is 4.39 Å². The largest absolute Gasteiger partial charge is 0.494 e. The van der Waals surface area contributed by atoms with E-state index >= 15 is 0 Å². The summed E-state index contributed by atoms with van der Waals surface area (Å²) in [5.74, 6) is 1.03. The molecule has 3 rings (SSSR count). The van der Waals surface area contributed by atoms with Gasteiger partial charge in [0.25, 0.3) is 0 Å². The Balaban J connectivity index is 1.86. The molecule has 1 heterocycles. The van der Waals surface area contributed by atoms with Gasteiger partial charge in [0.2, 0.25) is 11.7 Å². The van der Waals surface area contributed by atoms with Crippen LogP contribution in [0.15, 0.2) is 22.7 Å². The first-order valence-corrected chi connectivity index (χ1v) is 6.60. The van der Waals surface area contributed by atoms with Crippen molar-refractivity contribution in [1.82, 2.24) is 10.1 Å². The minimum Gasteiger partial charge on any atom is -0.494 e. The van der Waals surface area contributed by atoms with Crippen LogP contribution in [0.4, 0.5) is 4.39 Å². The van der Waals surface area contributed by atoms with E-state index < -0.39 is 5.82 Å². The summed E-state index contributed by atoms with van der Waals surface area (Å²) in [7, 11) is 1.42. The number of ether oxygens (including phenoxy) is 1. The SMILES string of the molecule is COc1cc(-c2noc([C@@H]3CC[C@H](N)C3)n2)ccc1F. The van der Waals surface area contributed by atoms with Crippen LogP contribution in [0.1, 0.15) is 31.1 Å². The van der Waals surface area contributed by atoms with Gasteiger partial charge in [-0.2, -0.15) is 4.98 Å². The lowest BCUT2D eigenvalue weighted by Gasteiger charge is -2.03. The van der Waals surface area contributed by atoms with Crippen LogP contribution in [0, 0.1) is 5.82 Å². The molecule has 1 aromatic heterocycles. The highest BCUT2D eigenvalue weighted by Crippen LogP contribution is 2.33. The van der Waals surface area contributed by atoms with E-state index in [0.717, 1.165) is 19.3 Å². The molecule has 1 aliphatic carbocycles. The minimum absolute atomic E-state index is 0.164. The fourth-order valence-corrected chi connectivity index (χ4v) is 2.56. The van der Waals surface area contributed by atoms with Crippen LogP contribution >= 0.6 is 0 Å². The van der Waals surface area contributed by atoms with Crippen LogP contribution in [0.3, 0.4) is 0 Å². The van der Waals surface area contributed by atoms with Crippen molar-refractivity contribution in [3.63, 3.8) is 0 Å². The molecule has 2 atom stereocenters. The molecule has 2 aromatic rings. The van der Waals surface area contributed by atoms with Gasteiger partial charge in [-0.3, -0.25) is 0 Å². The Kier molecular flexibility index (Phi) is 3.40. The summed E-state index contributed by atoms with van der Waals surface area (Å²) in [4.78, 5) is 4.39. The number of nitrogens with two attached hydrogens (primary N) is 1.